The molecule has 0 heterocycles. The zero-order valence-corrected chi connectivity index (χ0v) is 11.6. The van der Waals surface area contributed by atoms with E-state index in [-0.39, 0.29) is 42.6 Å². The van der Waals surface area contributed by atoms with Crippen LogP contribution >= 0.6 is 23.2 Å². The third-order valence-corrected chi connectivity index (χ3v) is 1.99. The molecule has 15 heavy (non-hydrogen) atoms. The van der Waals surface area contributed by atoms with Crippen LogP contribution in [0.15, 0.2) is 18.2 Å². The molecule has 1 aromatic rings. The molecule has 6 heteroatoms. The summed E-state index contributed by atoms with van der Waals surface area (Å²) >= 11 is 11.4. The van der Waals surface area contributed by atoms with Gasteiger partial charge in [0.25, 0.3) is 0 Å². The fourth-order valence-electron chi connectivity index (χ4n) is 0.837. The number of carboxylic acids is 1. The Morgan fingerprint density at radius 3 is 2.60 bits per heavy atom. The third-order valence-electron chi connectivity index (χ3n) is 1.46. The van der Waals surface area contributed by atoms with Crippen molar-refractivity contribution in [1.82, 2.24) is 0 Å². The number of carbonyl (C=O) groups is 1. The zero-order chi connectivity index (χ0) is 10.6. The van der Waals surface area contributed by atoms with Crippen LogP contribution < -0.4 is 39.4 Å². The van der Waals surface area contributed by atoms with Gasteiger partial charge in [-0.1, -0.05) is 23.2 Å². The summed E-state index contributed by atoms with van der Waals surface area (Å²) in [4.78, 5) is 10.1. The summed E-state index contributed by atoms with van der Waals surface area (Å²) in [5, 5.41) is 10.9. The standard InChI is InChI=1S/C9H8Cl2O3.Na/c10-6-1-2-8(7(11)5-6)14-4-3-9(12)13;/h1-2,5H,3-4H2,(H,12,13);/q;+1/p-1. The van der Waals surface area contributed by atoms with Crippen molar-refractivity contribution in [2.24, 2.45) is 0 Å². The Morgan fingerprint density at radius 1 is 1.40 bits per heavy atom. The Bertz CT molecular complexity index is 344. The summed E-state index contributed by atoms with van der Waals surface area (Å²) in [6, 6.07) is 4.72. The van der Waals surface area contributed by atoms with E-state index in [1.54, 1.807) is 12.1 Å². The van der Waals surface area contributed by atoms with E-state index < -0.39 is 5.97 Å². The van der Waals surface area contributed by atoms with E-state index in [4.69, 9.17) is 27.9 Å². The van der Waals surface area contributed by atoms with Gasteiger partial charge in [-0.3, -0.25) is 0 Å². The van der Waals surface area contributed by atoms with Crippen molar-refractivity contribution in [3.63, 3.8) is 0 Å². The zero-order valence-electron chi connectivity index (χ0n) is 8.13. The number of hydrogen-bond acceptors (Lipinski definition) is 3. The Kier molecular flexibility index (Phi) is 7.40. The maximum absolute atomic E-state index is 10.1. The van der Waals surface area contributed by atoms with Crippen LogP contribution in [0.2, 0.25) is 10.0 Å². The van der Waals surface area contributed by atoms with Gasteiger partial charge in [0.1, 0.15) is 5.75 Å². The molecule has 3 nitrogen and oxygen atoms in total. The maximum Gasteiger partial charge on any atom is 1.00 e. The van der Waals surface area contributed by atoms with Gasteiger partial charge in [0, 0.05) is 17.4 Å². The minimum atomic E-state index is -1.16. The minimum Gasteiger partial charge on any atom is -0.550 e. The molecule has 1 aromatic carbocycles. The molecular formula is C9H7Cl2NaO3. The SMILES string of the molecule is O=C([O-])CCOc1ccc(Cl)cc1Cl.[Na+]. The Hall–Kier alpha value is 0.0700. The minimum absolute atomic E-state index is 0. The average molecular weight is 257 g/mol. The summed E-state index contributed by atoms with van der Waals surface area (Å²) < 4.78 is 5.09. The Morgan fingerprint density at radius 2 is 2.07 bits per heavy atom. The van der Waals surface area contributed by atoms with Crippen LogP contribution in [-0.2, 0) is 4.79 Å². The molecule has 0 radical (unpaired) electrons. The normalized spacial score (nSPS) is 9.20. The van der Waals surface area contributed by atoms with Gasteiger partial charge >= 0.3 is 29.6 Å². The van der Waals surface area contributed by atoms with Crippen molar-refractivity contribution in [3.8, 4) is 5.75 Å². The summed E-state index contributed by atoms with van der Waals surface area (Å²) in [6.45, 7) is 0.0314. The molecule has 0 spiro atoms. The second-order valence-corrected chi connectivity index (χ2v) is 3.39. The topological polar surface area (TPSA) is 49.4 Å². The average Bonchev–Trinajstić information content (AvgIpc) is 2.08. The van der Waals surface area contributed by atoms with Crippen LogP contribution in [0, 0.1) is 0 Å². The fourth-order valence-corrected chi connectivity index (χ4v) is 1.30. The first-order chi connectivity index (χ1) is 6.59. The van der Waals surface area contributed by atoms with Crippen LogP contribution in [0.3, 0.4) is 0 Å². The quantitative estimate of drug-likeness (QED) is 0.618. The van der Waals surface area contributed by atoms with Crippen molar-refractivity contribution in [2.45, 2.75) is 6.42 Å². The molecule has 0 aliphatic carbocycles. The largest absolute Gasteiger partial charge is 1.00 e. The van der Waals surface area contributed by atoms with Gasteiger partial charge in [0.15, 0.2) is 0 Å². The number of rotatable bonds is 4. The van der Waals surface area contributed by atoms with Gasteiger partial charge in [-0.15, -0.1) is 0 Å². The molecule has 0 unspecified atom stereocenters. The maximum atomic E-state index is 10.1. The molecular weight excluding hydrogens is 250 g/mol. The van der Waals surface area contributed by atoms with Crippen molar-refractivity contribution in [1.29, 1.82) is 0 Å². The van der Waals surface area contributed by atoms with Gasteiger partial charge < -0.3 is 14.6 Å². The molecule has 0 aliphatic rings. The van der Waals surface area contributed by atoms with E-state index in [1.807, 2.05) is 0 Å². The van der Waals surface area contributed by atoms with Crippen LogP contribution in [0.4, 0.5) is 0 Å². The number of hydrogen-bond donors (Lipinski definition) is 0. The fraction of sp³-hybridized carbons (Fsp3) is 0.222. The van der Waals surface area contributed by atoms with E-state index in [0.29, 0.717) is 15.8 Å². The molecule has 0 N–H and O–H groups in total. The number of benzene rings is 1. The van der Waals surface area contributed by atoms with E-state index >= 15 is 0 Å². The summed E-state index contributed by atoms with van der Waals surface area (Å²) in [6.07, 6.45) is -0.168. The molecule has 0 saturated heterocycles. The number of carboxylic acid groups (broad SMARTS) is 1. The van der Waals surface area contributed by atoms with Crippen LogP contribution in [0.25, 0.3) is 0 Å². The van der Waals surface area contributed by atoms with E-state index in [1.165, 1.54) is 6.07 Å². The second-order valence-electron chi connectivity index (χ2n) is 2.55. The molecule has 1 rings (SSSR count). The molecule has 0 aliphatic heterocycles. The molecule has 0 amide bonds. The van der Waals surface area contributed by atoms with Gasteiger partial charge in [-0.2, -0.15) is 0 Å². The predicted octanol–water partition coefficient (Wildman–Crippen LogP) is -1.48. The van der Waals surface area contributed by atoms with E-state index in [0.717, 1.165) is 0 Å². The van der Waals surface area contributed by atoms with Gasteiger partial charge in [0.05, 0.1) is 11.6 Å². The Labute approximate surface area is 120 Å². The van der Waals surface area contributed by atoms with Gasteiger partial charge in [-0.05, 0) is 18.2 Å². The molecule has 0 bridgehead atoms. The van der Waals surface area contributed by atoms with Crippen molar-refractivity contribution >= 4 is 29.2 Å². The summed E-state index contributed by atoms with van der Waals surface area (Å²) in [5.41, 5.74) is 0. The first kappa shape index (κ1) is 15.1. The van der Waals surface area contributed by atoms with Crippen LogP contribution in [0.1, 0.15) is 6.42 Å². The number of ether oxygens (including phenoxy) is 1. The molecule has 0 atom stereocenters. The summed E-state index contributed by atoms with van der Waals surface area (Å²) in [5.74, 6) is -0.743. The van der Waals surface area contributed by atoms with E-state index in [9.17, 15) is 9.90 Å². The van der Waals surface area contributed by atoms with Gasteiger partial charge in [-0.25, -0.2) is 0 Å². The number of halogens is 2. The molecule has 0 aromatic heterocycles. The monoisotopic (exact) mass is 256 g/mol. The second kappa shape index (κ2) is 7.36. The van der Waals surface area contributed by atoms with Crippen molar-refractivity contribution in [2.75, 3.05) is 6.61 Å². The Balaban J connectivity index is 0.00000196. The van der Waals surface area contributed by atoms with Crippen molar-refractivity contribution in [3.05, 3.63) is 28.2 Å². The molecule has 0 saturated carbocycles. The predicted molar refractivity (Wildman–Crippen MR) is 51.6 cm³/mol. The smallest absolute Gasteiger partial charge is 0.550 e. The number of aliphatic carboxylic acids is 1. The van der Waals surface area contributed by atoms with Crippen LogP contribution in [-0.4, -0.2) is 12.6 Å². The number of carbonyl (C=O) groups excluding carboxylic acids is 1. The third kappa shape index (κ3) is 5.64. The van der Waals surface area contributed by atoms with Gasteiger partial charge in [0.2, 0.25) is 0 Å². The van der Waals surface area contributed by atoms with Crippen LogP contribution in [0.5, 0.6) is 5.75 Å². The first-order valence-electron chi connectivity index (χ1n) is 3.87. The molecule has 0 fully saturated rings. The summed E-state index contributed by atoms with van der Waals surface area (Å²) in [7, 11) is 0. The molecule has 76 valence electrons. The van der Waals surface area contributed by atoms with Crippen molar-refractivity contribution < 1.29 is 44.2 Å². The first-order valence-corrected chi connectivity index (χ1v) is 4.63. The van der Waals surface area contributed by atoms with E-state index in [2.05, 4.69) is 0 Å².